The van der Waals surface area contributed by atoms with E-state index in [0.717, 1.165) is 12.8 Å². The van der Waals surface area contributed by atoms with E-state index >= 15 is 0 Å². The lowest BCUT2D eigenvalue weighted by Crippen LogP contribution is -2.51. The van der Waals surface area contributed by atoms with E-state index in [9.17, 15) is 9.59 Å². The number of carboxylic acids is 1. The van der Waals surface area contributed by atoms with Crippen molar-refractivity contribution >= 4 is 29.7 Å². The van der Waals surface area contributed by atoms with Gasteiger partial charge >= 0.3 is 5.97 Å². The Morgan fingerprint density at radius 2 is 2.30 bits per heavy atom. The standard InChI is InChI=1S/C12H10N4O3S/c17-10-8(11-16(10)9(5-20-11)12(18)19)3-6-4-15(14-13-6)7-1-2-7/h3-5,7,11H,1-2H2,(H,18,19)/b8-3+/t11-/m1/s1. The fourth-order valence-corrected chi connectivity index (χ4v) is 3.42. The van der Waals surface area contributed by atoms with Gasteiger partial charge in [-0.05, 0) is 18.9 Å². The maximum absolute atomic E-state index is 12.0. The number of thioether (sulfide) groups is 1. The first-order valence-corrected chi connectivity index (χ1v) is 7.15. The Kier molecular flexibility index (Phi) is 2.31. The summed E-state index contributed by atoms with van der Waals surface area (Å²) in [5.41, 5.74) is 1.26. The largest absolute Gasteiger partial charge is 0.477 e. The number of amides is 1. The molecule has 1 N–H and O–H groups in total. The van der Waals surface area contributed by atoms with Gasteiger partial charge < -0.3 is 5.11 Å². The van der Waals surface area contributed by atoms with Gasteiger partial charge in [0.15, 0.2) is 0 Å². The molecule has 102 valence electrons. The summed E-state index contributed by atoms with van der Waals surface area (Å²) in [6.07, 6.45) is 5.76. The molecule has 0 radical (unpaired) electrons. The van der Waals surface area contributed by atoms with E-state index in [-0.39, 0.29) is 17.0 Å². The SMILES string of the molecule is O=C(O)C1=CS[C@@H]2/C(=C/c3cn(C4CC4)nn3)C(=O)N12. The van der Waals surface area contributed by atoms with Crippen LogP contribution in [0.2, 0.25) is 0 Å². The topological polar surface area (TPSA) is 88.3 Å². The molecule has 1 saturated carbocycles. The van der Waals surface area contributed by atoms with Crippen molar-refractivity contribution < 1.29 is 14.7 Å². The Morgan fingerprint density at radius 3 is 3.00 bits per heavy atom. The molecule has 2 fully saturated rings. The van der Waals surface area contributed by atoms with E-state index in [1.807, 2.05) is 10.9 Å². The number of nitrogens with zero attached hydrogens (tertiary/aromatic N) is 4. The van der Waals surface area contributed by atoms with Crippen molar-refractivity contribution in [2.24, 2.45) is 0 Å². The maximum Gasteiger partial charge on any atom is 0.353 e. The second-order valence-corrected chi connectivity index (χ2v) is 5.88. The predicted molar refractivity (Wildman–Crippen MR) is 70.2 cm³/mol. The first kappa shape index (κ1) is 11.7. The highest BCUT2D eigenvalue weighted by atomic mass is 32.2. The zero-order valence-electron chi connectivity index (χ0n) is 10.3. The average Bonchev–Trinajstić information content (AvgIpc) is 3.03. The Bertz CT molecular complexity index is 689. The molecule has 2 aliphatic heterocycles. The van der Waals surface area contributed by atoms with Gasteiger partial charge in [-0.15, -0.1) is 16.9 Å². The summed E-state index contributed by atoms with van der Waals surface area (Å²) < 4.78 is 1.82. The molecular weight excluding hydrogens is 280 g/mol. The number of carboxylic acid groups (broad SMARTS) is 1. The minimum atomic E-state index is -1.08. The molecule has 20 heavy (non-hydrogen) atoms. The van der Waals surface area contributed by atoms with Crippen molar-refractivity contribution in [3.05, 3.63) is 28.6 Å². The highest BCUT2D eigenvalue weighted by molar-refractivity contribution is 8.03. The van der Waals surface area contributed by atoms with Crippen LogP contribution < -0.4 is 0 Å². The molecule has 3 heterocycles. The van der Waals surface area contributed by atoms with Crippen molar-refractivity contribution in [1.29, 1.82) is 0 Å². The smallest absolute Gasteiger partial charge is 0.353 e. The summed E-state index contributed by atoms with van der Waals surface area (Å²) in [5.74, 6) is -1.35. The lowest BCUT2D eigenvalue weighted by atomic mass is 10.0. The Balaban J connectivity index is 1.57. The van der Waals surface area contributed by atoms with Crippen LogP contribution in [0.4, 0.5) is 0 Å². The zero-order chi connectivity index (χ0) is 13.9. The summed E-state index contributed by atoms with van der Waals surface area (Å²) in [6, 6.07) is 0.448. The molecule has 7 nitrogen and oxygen atoms in total. The van der Waals surface area contributed by atoms with Crippen LogP contribution in [0.3, 0.4) is 0 Å². The molecule has 8 heteroatoms. The summed E-state index contributed by atoms with van der Waals surface area (Å²) in [4.78, 5) is 24.3. The van der Waals surface area contributed by atoms with Gasteiger partial charge in [0.25, 0.3) is 5.91 Å². The van der Waals surface area contributed by atoms with Crippen molar-refractivity contribution in [3.63, 3.8) is 0 Å². The van der Waals surface area contributed by atoms with Crippen LogP contribution >= 0.6 is 11.8 Å². The lowest BCUT2D eigenvalue weighted by Gasteiger charge is -2.36. The fourth-order valence-electron chi connectivity index (χ4n) is 2.30. The normalized spacial score (nSPS) is 26.5. The fraction of sp³-hybridized carbons (Fsp3) is 0.333. The number of β-lactam (4-membered cyclic amide) rings is 1. The van der Waals surface area contributed by atoms with Gasteiger partial charge in [0.05, 0.1) is 17.8 Å². The number of hydrogen-bond acceptors (Lipinski definition) is 5. The molecule has 1 aliphatic carbocycles. The molecular formula is C12H10N4O3S. The number of rotatable bonds is 3. The van der Waals surface area contributed by atoms with Crippen LogP contribution in [0.5, 0.6) is 0 Å². The van der Waals surface area contributed by atoms with E-state index in [1.54, 1.807) is 6.08 Å². The van der Waals surface area contributed by atoms with Crippen molar-refractivity contribution in [3.8, 4) is 0 Å². The molecule has 1 amide bonds. The highest BCUT2D eigenvalue weighted by Crippen LogP contribution is 2.45. The first-order valence-electron chi connectivity index (χ1n) is 6.21. The van der Waals surface area contributed by atoms with Crippen molar-refractivity contribution in [2.45, 2.75) is 24.3 Å². The van der Waals surface area contributed by atoms with Gasteiger partial charge in [-0.25, -0.2) is 9.48 Å². The third-order valence-corrected chi connectivity index (χ3v) is 4.59. The summed E-state index contributed by atoms with van der Waals surface area (Å²) in [5, 5.41) is 18.3. The van der Waals surface area contributed by atoms with Crippen molar-refractivity contribution in [1.82, 2.24) is 19.9 Å². The average molecular weight is 290 g/mol. The number of aromatic nitrogens is 3. The van der Waals surface area contributed by atoms with Gasteiger partial charge in [0, 0.05) is 5.41 Å². The Labute approximate surface area is 117 Å². The molecule has 3 aliphatic rings. The first-order chi connectivity index (χ1) is 9.65. The second kappa shape index (κ2) is 3.95. The number of carbonyl (C=O) groups is 2. The van der Waals surface area contributed by atoms with E-state index in [4.69, 9.17) is 5.11 Å². The number of fused-ring (bicyclic) bond motifs is 1. The Hall–Kier alpha value is -2.09. The van der Waals surface area contributed by atoms with E-state index < -0.39 is 5.97 Å². The van der Waals surface area contributed by atoms with Crippen LogP contribution in [-0.4, -0.2) is 42.3 Å². The minimum Gasteiger partial charge on any atom is -0.477 e. The number of aliphatic carboxylic acids is 1. The Morgan fingerprint density at radius 1 is 1.50 bits per heavy atom. The molecule has 0 spiro atoms. The number of hydrogen-bond donors (Lipinski definition) is 1. The summed E-state index contributed by atoms with van der Waals surface area (Å²) in [7, 11) is 0. The molecule has 0 unspecified atom stereocenters. The van der Waals surface area contributed by atoms with Gasteiger partial charge in [0.1, 0.15) is 16.8 Å². The molecule has 0 aromatic carbocycles. The molecule has 1 aromatic heterocycles. The van der Waals surface area contributed by atoms with Crippen LogP contribution in [0.15, 0.2) is 22.9 Å². The zero-order valence-corrected chi connectivity index (χ0v) is 11.1. The van der Waals surface area contributed by atoms with Gasteiger partial charge in [0.2, 0.25) is 0 Å². The molecule has 1 saturated heterocycles. The minimum absolute atomic E-state index is 0.0452. The highest BCUT2D eigenvalue weighted by Gasteiger charge is 2.49. The van der Waals surface area contributed by atoms with Crippen LogP contribution in [0.25, 0.3) is 6.08 Å². The molecule has 4 rings (SSSR count). The van der Waals surface area contributed by atoms with Gasteiger partial charge in [-0.3, -0.25) is 9.69 Å². The van der Waals surface area contributed by atoms with Crippen molar-refractivity contribution in [2.75, 3.05) is 0 Å². The van der Waals surface area contributed by atoms with E-state index in [0.29, 0.717) is 17.3 Å². The summed E-state index contributed by atoms with van der Waals surface area (Å²) in [6.45, 7) is 0. The lowest BCUT2D eigenvalue weighted by molar-refractivity contribution is -0.141. The quantitative estimate of drug-likeness (QED) is 0.655. The molecule has 1 aromatic rings. The van der Waals surface area contributed by atoms with Crippen LogP contribution in [0.1, 0.15) is 24.6 Å². The van der Waals surface area contributed by atoms with Gasteiger partial charge in [-0.1, -0.05) is 5.21 Å². The third kappa shape index (κ3) is 1.61. The molecule has 0 bridgehead atoms. The summed E-state index contributed by atoms with van der Waals surface area (Å²) >= 11 is 1.32. The monoisotopic (exact) mass is 290 g/mol. The van der Waals surface area contributed by atoms with Crippen LogP contribution in [-0.2, 0) is 9.59 Å². The van der Waals surface area contributed by atoms with E-state index in [1.165, 1.54) is 22.1 Å². The second-order valence-electron chi connectivity index (χ2n) is 4.93. The van der Waals surface area contributed by atoms with E-state index in [2.05, 4.69) is 10.3 Å². The van der Waals surface area contributed by atoms with Gasteiger partial charge in [-0.2, -0.15) is 0 Å². The molecule has 1 atom stereocenters. The van der Waals surface area contributed by atoms with Crippen LogP contribution in [0, 0.1) is 0 Å². The predicted octanol–water partition coefficient (Wildman–Crippen LogP) is 0.837. The third-order valence-electron chi connectivity index (χ3n) is 3.51. The number of carbonyl (C=O) groups excluding carboxylic acids is 1. The maximum atomic E-state index is 12.0.